The van der Waals surface area contributed by atoms with Crippen LogP contribution in [0.4, 0.5) is 5.69 Å². The highest BCUT2D eigenvalue weighted by Gasteiger charge is 2.18. The van der Waals surface area contributed by atoms with Gasteiger partial charge in [0.2, 0.25) is 0 Å². The molecular weight excluding hydrogens is 268 g/mol. The molecule has 0 aromatic heterocycles. The fourth-order valence-corrected chi connectivity index (χ4v) is 1.77. The first-order valence-electron chi connectivity index (χ1n) is 6.11. The third-order valence-corrected chi connectivity index (χ3v) is 3.58. The molecule has 0 bridgehead atoms. The molecule has 0 fully saturated rings. The number of nitro groups is 1. The lowest BCUT2D eigenvalue weighted by atomic mass is 10.0. The molecule has 6 heteroatoms. The molecule has 0 radical (unpaired) electrons. The zero-order chi connectivity index (χ0) is 14.6. The molecule has 0 saturated carbocycles. The molecule has 1 amide bonds. The third-order valence-electron chi connectivity index (χ3n) is 3.26. The first kappa shape index (κ1) is 15.4. The van der Waals surface area contributed by atoms with Crippen LogP contribution in [0.2, 0.25) is 5.02 Å². The van der Waals surface area contributed by atoms with E-state index in [0.717, 1.165) is 6.42 Å². The van der Waals surface area contributed by atoms with Crippen molar-refractivity contribution in [2.75, 3.05) is 0 Å². The highest BCUT2D eigenvalue weighted by molar-refractivity contribution is 6.32. The second kappa shape index (κ2) is 6.52. The predicted molar refractivity (Wildman–Crippen MR) is 74.5 cm³/mol. The van der Waals surface area contributed by atoms with Crippen molar-refractivity contribution in [2.45, 2.75) is 33.2 Å². The van der Waals surface area contributed by atoms with E-state index in [9.17, 15) is 14.9 Å². The number of carbonyl (C=O) groups is 1. The van der Waals surface area contributed by atoms with Gasteiger partial charge in [-0.15, -0.1) is 0 Å². The molecule has 1 rings (SSSR count). The van der Waals surface area contributed by atoms with Crippen LogP contribution in [-0.4, -0.2) is 16.9 Å². The maximum atomic E-state index is 12.0. The van der Waals surface area contributed by atoms with Gasteiger partial charge in [0.1, 0.15) is 5.02 Å². The zero-order valence-corrected chi connectivity index (χ0v) is 11.9. The van der Waals surface area contributed by atoms with E-state index in [1.807, 2.05) is 20.8 Å². The van der Waals surface area contributed by atoms with Gasteiger partial charge in [0.15, 0.2) is 0 Å². The van der Waals surface area contributed by atoms with Crippen LogP contribution in [0.15, 0.2) is 18.2 Å². The standard InChI is InChI=1S/C13H17ClN2O3/c1-4-8(2)9(3)15-13(17)10-5-6-11(14)12(7-10)16(18)19/h5-9H,4H2,1-3H3,(H,15,17). The molecule has 0 aliphatic heterocycles. The highest BCUT2D eigenvalue weighted by Crippen LogP contribution is 2.25. The Morgan fingerprint density at radius 3 is 2.63 bits per heavy atom. The maximum Gasteiger partial charge on any atom is 0.288 e. The number of carbonyl (C=O) groups excluding carboxylic acids is 1. The van der Waals surface area contributed by atoms with Crippen molar-refractivity contribution in [3.8, 4) is 0 Å². The molecule has 0 spiro atoms. The van der Waals surface area contributed by atoms with Gasteiger partial charge < -0.3 is 5.32 Å². The third kappa shape index (κ3) is 3.92. The number of hydrogen-bond acceptors (Lipinski definition) is 3. The summed E-state index contributed by atoms with van der Waals surface area (Å²) in [5.74, 6) is 0.0128. The van der Waals surface area contributed by atoms with Crippen molar-refractivity contribution < 1.29 is 9.72 Å². The normalized spacial score (nSPS) is 13.7. The van der Waals surface area contributed by atoms with Crippen LogP contribution >= 0.6 is 11.6 Å². The van der Waals surface area contributed by atoms with Crippen molar-refractivity contribution in [2.24, 2.45) is 5.92 Å². The van der Waals surface area contributed by atoms with Crippen LogP contribution in [0.5, 0.6) is 0 Å². The predicted octanol–water partition coefficient (Wildman–Crippen LogP) is 3.41. The first-order chi connectivity index (χ1) is 8.86. The fourth-order valence-electron chi connectivity index (χ4n) is 1.58. The quantitative estimate of drug-likeness (QED) is 0.665. The number of nitrogens with zero attached hydrogens (tertiary/aromatic N) is 1. The Morgan fingerprint density at radius 1 is 1.47 bits per heavy atom. The molecule has 0 saturated heterocycles. The lowest BCUT2D eigenvalue weighted by molar-refractivity contribution is -0.384. The number of hydrogen-bond donors (Lipinski definition) is 1. The summed E-state index contributed by atoms with van der Waals surface area (Å²) in [4.78, 5) is 22.1. The molecule has 0 aliphatic carbocycles. The molecule has 5 nitrogen and oxygen atoms in total. The van der Waals surface area contributed by atoms with Gasteiger partial charge in [-0.1, -0.05) is 31.9 Å². The lowest BCUT2D eigenvalue weighted by Gasteiger charge is -2.19. The molecule has 19 heavy (non-hydrogen) atoms. The first-order valence-corrected chi connectivity index (χ1v) is 6.49. The van der Waals surface area contributed by atoms with Crippen molar-refractivity contribution in [3.63, 3.8) is 0 Å². The largest absolute Gasteiger partial charge is 0.349 e. The van der Waals surface area contributed by atoms with E-state index in [0.29, 0.717) is 5.92 Å². The SMILES string of the molecule is CCC(C)C(C)NC(=O)c1ccc(Cl)c([N+](=O)[O-])c1. The lowest BCUT2D eigenvalue weighted by Crippen LogP contribution is -2.36. The Hall–Kier alpha value is -1.62. The Kier molecular flexibility index (Phi) is 5.30. The molecular formula is C13H17ClN2O3. The summed E-state index contributed by atoms with van der Waals surface area (Å²) >= 11 is 5.70. The molecule has 2 unspecified atom stereocenters. The van der Waals surface area contributed by atoms with Gasteiger partial charge in [0.25, 0.3) is 11.6 Å². The molecule has 1 aromatic rings. The van der Waals surface area contributed by atoms with Crippen LogP contribution in [0.3, 0.4) is 0 Å². The van der Waals surface area contributed by atoms with Crippen LogP contribution in [0.25, 0.3) is 0 Å². The van der Waals surface area contributed by atoms with E-state index in [2.05, 4.69) is 5.32 Å². The Labute approximate surface area is 117 Å². The van der Waals surface area contributed by atoms with E-state index in [4.69, 9.17) is 11.6 Å². The summed E-state index contributed by atoms with van der Waals surface area (Å²) in [6.07, 6.45) is 0.947. The maximum absolute atomic E-state index is 12.0. The van der Waals surface area contributed by atoms with E-state index < -0.39 is 4.92 Å². The Morgan fingerprint density at radius 2 is 2.11 bits per heavy atom. The number of nitrogens with one attached hydrogen (secondary N) is 1. The average Bonchev–Trinajstić information content (AvgIpc) is 2.37. The van der Waals surface area contributed by atoms with Crippen molar-refractivity contribution in [1.29, 1.82) is 0 Å². The van der Waals surface area contributed by atoms with Crippen LogP contribution < -0.4 is 5.32 Å². The minimum absolute atomic E-state index is 0.00670. The second-order valence-electron chi connectivity index (χ2n) is 4.57. The molecule has 0 aliphatic rings. The van der Waals surface area contributed by atoms with Crippen molar-refractivity contribution in [1.82, 2.24) is 5.32 Å². The zero-order valence-electron chi connectivity index (χ0n) is 11.1. The average molecular weight is 285 g/mol. The summed E-state index contributed by atoms with van der Waals surface area (Å²) in [6.45, 7) is 5.99. The summed E-state index contributed by atoms with van der Waals surface area (Å²) < 4.78 is 0. The minimum Gasteiger partial charge on any atom is -0.349 e. The fraction of sp³-hybridized carbons (Fsp3) is 0.462. The monoisotopic (exact) mass is 284 g/mol. The summed E-state index contributed by atoms with van der Waals surface area (Å²) in [6, 6.07) is 4.05. The highest BCUT2D eigenvalue weighted by atomic mass is 35.5. The number of nitro benzene ring substituents is 1. The minimum atomic E-state index is -0.600. The second-order valence-corrected chi connectivity index (χ2v) is 4.98. The summed E-state index contributed by atoms with van der Waals surface area (Å²) in [5, 5.41) is 13.6. The van der Waals surface area contributed by atoms with E-state index in [1.165, 1.54) is 18.2 Å². The van der Waals surface area contributed by atoms with Gasteiger partial charge in [-0.3, -0.25) is 14.9 Å². The van der Waals surface area contributed by atoms with Crippen molar-refractivity contribution >= 4 is 23.2 Å². The molecule has 2 atom stereocenters. The van der Waals surface area contributed by atoms with Gasteiger partial charge in [-0.05, 0) is 25.0 Å². The van der Waals surface area contributed by atoms with E-state index in [-0.39, 0.29) is 28.2 Å². The summed E-state index contributed by atoms with van der Waals surface area (Å²) in [7, 11) is 0. The van der Waals surface area contributed by atoms with E-state index >= 15 is 0 Å². The smallest absolute Gasteiger partial charge is 0.288 e. The van der Waals surface area contributed by atoms with E-state index in [1.54, 1.807) is 0 Å². The topological polar surface area (TPSA) is 72.2 Å². The van der Waals surface area contributed by atoms with Crippen LogP contribution in [-0.2, 0) is 0 Å². The van der Waals surface area contributed by atoms with Crippen molar-refractivity contribution in [3.05, 3.63) is 38.9 Å². The van der Waals surface area contributed by atoms with Gasteiger partial charge in [-0.2, -0.15) is 0 Å². The molecule has 1 aromatic carbocycles. The van der Waals surface area contributed by atoms with Crippen LogP contribution in [0, 0.1) is 16.0 Å². The Balaban J connectivity index is 2.89. The van der Waals surface area contributed by atoms with Gasteiger partial charge in [0, 0.05) is 17.7 Å². The summed E-state index contributed by atoms with van der Waals surface area (Å²) in [5.41, 5.74) is -0.0169. The molecule has 1 N–H and O–H groups in total. The molecule has 104 valence electrons. The van der Waals surface area contributed by atoms with Gasteiger partial charge in [0.05, 0.1) is 4.92 Å². The van der Waals surface area contributed by atoms with Gasteiger partial charge >= 0.3 is 0 Å². The number of halogens is 1. The Bertz CT molecular complexity index is 491. The number of amides is 1. The molecule has 0 heterocycles. The van der Waals surface area contributed by atoms with Crippen LogP contribution in [0.1, 0.15) is 37.6 Å². The number of benzene rings is 1. The van der Waals surface area contributed by atoms with Gasteiger partial charge in [-0.25, -0.2) is 0 Å². The number of rotatable bonds is 5.